The third kappa shape index (κ3) is 3.67. The Morgan fingerprint density at radius 1 is 1.19 bits per heavy atom. The Labute approximate surface area is 154 Å². The number of anilines is 1. The highest BCUT2D eigenvalue weighted by Crippen LogP contribution is 2.36. The number of aromatic nitrogens is 2. The minimum Gasteiger partial charge on any atom is -0.493 e. The molecule has 1 heterocycles. The minimum absolute atomic E-state index is 0.299. The van der Waals surface area contributed by atoms with Crippen molar-refractivity contribution in [2.75, 3.05) is 19.0 Å². The Kier molecular flexibility index (Phi) is 5.18. The molecule has 0 radical (unpaired) electrons. The first kappa shape index (κ1) is 17.9. The van der Waals surface area contributed by atoms with Crippen molar-refractivity contribution in [3.05, 3.63) is 51.4 Å². The van der Waals surface area contributed by atoms with Gasteiger partial charge < -0.3 is 24.8 Å². The van der Waals surface area contributed by atoms with Gasteiger partial charge in [-0.25, -0.2) is 4.79 Å². The first-order valence-electron chi connectivity index (χ1n) is 8.05. The lowest BCUT2D eigenvalue weighted by molar-refractivity contribution is 0.102. The van der Waals surface area contributed by atoms with Gasteiger partial charge >= 0.3 is 5.69 Å². The maximum Gasteiger partial charge on any atom is 0.323 e. The number of benzene rings is 2. The van der Waals surface area contributed by atoms with Crippen LogP contribution in [0.4, 0.5) is 5.69 Å². The van der Waals surface area contributed by atoms with Crippen LogP contribution in [0.3, 0.4) is 0 Å². The lowest BCUT2D eigenvalue weighted by Gasteiger charge is -2.14. The third-order valence-corrected chi connectivity index (χ3v) is 4.00. The Balaban J connectivity index is 1.86. The van der Waals surface area contributed by atoms with Crippen LogP contribution in [0.1, 0.15) is 23.7 Å². The largest absolute Gasteiger partial charge is 0.493 e. The van der Waals surface area contributed by atoms with Crippen molar-refractivity contribution in [1.29, 1.82) is 0 Å². The van der Waals surface area contributed by atoms with Crippen LogP contribution in [0.2, 0.25) is 5.02 Å². The molecule has 2 aromatic carbocycles. The molecule has 8 heteroatoms. The van der Waals surface area contributed by atoms with Crippen molar-refractivity contribution < 1.29 is 14.3 Å². The number of ether oxygens (including phenoxy) is 2. The quantitative estimate of drug-likeness (QED) is 0.613. The second kappa shape index (κ2) is 7.53. The van der Waals surface area contributed by atoms with Crippen LogP contribution in [0.5, 0.6) is 11.5 Å². The fourth-order valence-corrected chi connectivity index (χ4v) is 2.77. The van der Waals surface area contributed by atoms with E-state index in [0.29, 0.717) is 45.4 Å². The topological polar surface area (TPSA) is 96.2 Å². The number of methoxy groups -OCH3 is 1. The van der Waals surface area contributed by atoms with E-state index in [1.165, 1.54) is 13.2 Å². The van der Waals surface area contributed by atoms with E-state index in [1.807, 2.05) is 6.92 Å². The molecule has 3 rings (SSSR count). The number of hydrogen-bond acceptors (Lipinski definition) is 4. The summed E-state index contributed by atoms with van der Waals surface area (Å²) in [5.41, 5.74) is 1.84. The van der Waals surface area contributed by atoms with Crippen molar-refractivity contribution in [2.24, 2.45) is 0 Å². The minimum atomic E-state index is -0.357. The molecule has 7 nitrogen and oxygen atoms in total. The van der Waals surface area contributed by atoms with Gasteiger partial charge in [-0.1, -0.05) is 18.5 Å². The third-order valence-electron chi connectivity index (χ3n) is 3.72. The standard InChI is InChI=1S/C18H18ClN3O4/c1-3-6-26-16-12(19)7-10(8-15(16)25-2)17(23)20-11-4-5-13-14(9-11)22-18(24)21-13/h4-5,7-9H,3,6H2,1-2H3,(H,20,23)(H2,21,22,24). The molecule has 3 N–H and O–H groups in total. The van der Waals surface area contributed by atoms with Gasteiger partial charge in [-0.05, 0) is 36.8 Å². The summed E-state index contributed by atoms with van der Waals surface area (Å²) in [6.45, 7) is 2.48. The molecular weight excluding hydrogens is 358 g/mol. The van der Waals surface area contributed by atoms with E-state index in [9.17, 15) is 9.59 Å². The molecule has 3 aromatic rings. The molecule has 26 heavy (non-hydrogen) atoms. The van der Waals surface area contributed by atoms with E-state index in [4.69, 9.17) is 21.1 Å². The van der Waals surface area contributed by atoms with Gasteiger partial charge in [0, 0.05) is 11.3 Å². The van der Waals surface area contributed by atoms with E-state index in [0.717, 1.165) is 6.42 Å². The molecule has 0 unspecified atom stereocenters. The molecule has 0 aliphatic carbocycles. The molecule has 136 valence electrons. The van der Waals surface area contributed by atoms with E-state index in [-0.39, 0.29) is 11.6 Å². The van der Waals surface area contributed by atoms with Gasteiger partial charge in [-0.15, -0.1) is 0 Å². The second-order valence-corrected chi connectivity index (χ2v) is 6.04. The zero-order valence-corrected chi connectivity index (χ0v) is 15.1. The summed E-state index contributed by atoms with van der Waals surface area (Å²) in [7, 11) is 1.49. The predicted octanol–water partition coefficient (Wildman–Crippen LogP) is 3.56. The number of nitrogens with one attached hydrogen (secondary N) is 3. The Hall–Kier alpha value is -2.93. The smallest absolute Gasteiger partial charge is 0.323 e. The number of H-pyrrole nitrogens is 2. The first-order valence-corrected chi connectivity index (χ1v) is 8.43. The van der Waals surface area contributed by atoms with E-state index in [2.05, 4.69) is 15.3 Å². The summed E-state index contributed by atoms with van der Waals surface area (Å²) in [6, 6.07) is 8.17. The van der Waals surface area contributed by atoms with Crippen LogP contribution in [0.15, 0.2) is 35.1 Å². The van der Waals surface area contributed by atoms with E-state index < -0.39 is 0 Å². The number of carbonyl (C=O) groups excluding carboxylic acids is 1. The van der Waals surface area contributed by atoms with Crippen LogP contribution in [0, 0.1) is 0 Å². The van der Waals surface area contributed by atoms with Gasteiger partial charge in [0.15, 0.2) is 11.5 Å². The maximum atomic E-state index is 12.6. The van der Waals surface area contributed by atoms with Crippen LogP contribution >= 0.6 is 11.6 Å². The summed E-state index contributed by atoms with van der Waals surface area (Å²) < 4.78 is 10.9. The van der Waals surface area contributed by atoms with Crippen molar-refractivity contribution in [3.63, 3.8) is 0 Å². The number of imidazole rings is 1. The highest BCUT2D eigenvalue weighted by molar-refractivity contribution is 6.32. The molecule has 0 fully saturated rings. The average molecular weight is 376 g/mol. The highest BCUT2D eigenvalue weighted by Gasteiger charge is 2.16. The first-order chi connectivity index (χ1) is 12.5. The summed E-state index contributed by atoms with van der Waals surface area (Å²) in [4.78, 5) is 29.2. The molecule has 0 saturated heterocycles. The van der Waals surface area contributed by atoms with Crippen LogP contribution < -0.4 is 20.5 Å². The lowest BCUT2D eigenvalue weighted by atomic mass is 10.1. The fraction of sp³-hybridized carbons (Fsp3) is 0.222. The molecular formula is C18H18ClN3O4. The number of carbonyl (C=O) groups is 1. The van der Waals surface area contributed by atoms with Gasteiger partial charge in [0.25, 0.3) is 5.91 Å². The summed E-state index contributed by atoms with van der Waals surface area (Å²) in [5.74, 6) is 0.449. The number of hydrogen-bond donors (Lipinski definition) is 3. The van der Waals surface area contributed by atoms with Gasteiger partial charge in [0.2, 0.25) is 0 Å². The van der Waals surface area contributed by atoms with Gasteiger partial charge in [0.05, 0.1) is 29.8 Å². The zero-order chi connectivity index (χ0) is 18.7. The van der Waals surface area contributed by atoms with E-state index in [1.54, 1.807) is 24.3 Å². The molecule has 0 bridgehead atoms. The molecule has 0 spiro atoms. The zero-order valence-electron chi connectivity index (χ0n) is 14.3. The van der Waals surface area contributed by atoms with Crippen LogP contribution in [-0.2, 0) is 0 Å². The lowest BCUT2D eigenvalue weighted by Crippen LogP contribution is -2.12. The summed E-state index contributed by atoms with van der Waals surface area (Å²) >= 11 is 6.25. The normalized spacial score (nSPS) is 10.7. The van der Waals surface area contributed by atoms with Gasteiger partial charge in [-0.2, -0.15) is 0 Å². The Morgan fingerprint density at radius 2 is 1.96 bits per heavy atom. The summed E-state index contributed by atoms with van der Waals surface area (Å²) in [5, 5.41) is 3.07. The predicted molar refractivity (Wildman–Crippen MR) is 101 cm³/mol. The van der Waals surface area contributed by atoms with Crippen LogP contribution in [0.25, 0.3) is 11.0 Å². The number of fused-ring (bicyclic) bond motifs is 1. The molecule has 1 aromatic heterocycles. The number of aromatic amines is 2. The number of rotatable bonds is 6. The van der Waals surface area contributed by atoms with Gasteiger partial charge in [0.1, 0.15) is 0 Å². The molecule has 0 aliphatic rings. The summed E-state index contributed by atoms with van der Waals surface area (Å²) in [6.07, 6.45) is 0.825. The van der Waals surface area contributed by atoms with Crippen LogP contribution in [-0.4, -0.2) is 29.6 Å². The van der Waals surface area contributed by atoms with Gasteiger partial charge in [-0.3, -0.25) is 4.79 Å². The maximum absolute atomic E-state index is 12.6. The highest BCUT2D eigenvalue weighted by atomic mass is 35.5. The SMILES string of the molecule is CCCOc1c(Cl)cc(C(=O)Nc2ccc3[nH]c(=O)[nH]c3c2)cc1OC. The fourth-order valence-electron chi connectivity index (χ4n) is 2.51. The molecule has 0 atom stereocenters. The molecule has 0 saturated carbocycles. The monoisotopic (exact) mass is 375 g/mol. The molecule has 0 aliphatic heterocycles. The Bertz CT molecular complexity index is 1010. The molecule has 1 amide bonds. The van der Waals surface area contributed by atoms with E-state index >= 15 is 0 Å². The van der Waals surface area contributed by atoms with Crippen molar-refractivity contribution in [3.8, 4) is 11.5 Å². The second-order valence-electron chi connectivity index (χ2n) is 5.63. The Morgan fingerprint density at radius 3 is 2.69 bits per heavy atom. The number of amides is 1. The van der Waals surface area contributed by atoms with Crippen molar-refractivity contribution in [2.45, 2.75) is 13.3 Å². The van der Waals surface area contributed by atoms with Crippen molar-refractivity contribution >= 4 is 34.2 Å². The van der Waals surface area contributed by atoms with Crippen molar-refractivity contribution in [1.82, 2.24) is 9.97 Å². The number of halogens is 1. The average Bonchev–Trinajstić information content (AvgIpc) is 2.99.